The van der Waals surface area contributed by atoms with Crippen molar-refractivity contribution in [3.63, 3.8) is 0 Å². The molecule has 0 heteroatoms. The average molecular weight is 465 g/mol. The molecule has 192 valence electrons. The van der Waals surface area contributed by atoms with Gasteiger partial charge in [-0.1, -0.05) is 89.1 Å². The third kappa shape index (κ3) is 7.61. The summed E-state index contributed by atoms with van der Waals surface area (Å²) >= 11 is 0. The average Bonchev–Trinajstić information content (AvgIpc) is 2.87. The van der Waals surface area contributed by atoms with Gasteiger partial charge in [0, 0.05) is 0 Å². The van der Waals surface area contributed by atoms with Crippen molar-refractivity contribution in [2.45, 2.75) is 136 Å². The van der Waals surface area contributed by atoms with Gasteiger partial charge in [0.15, 0.2) is 0 Å². The molecule has 0 unspecified atom stereocenters. The minimum absolute atomic E-state index is 0.842. The van der Waals surface area contributed by atoms with Crippen LogP contribution in [0.3, 0.4) is 0 Å². The van der Waals surface area contributed by atoms with Gasteiger partial charge in [0.25, 0.3) is 0 Å². The molecule has 4 fully saturated rings. The zero-order valence-corrected chi connectivity index (χ0v) is 23.2. The van der Waals surface area contributed by atoms with Gasteiger partial charge in [-0.15, -0.1) is 0 Å². The Kier molecular flexibility index (Phi) is 10.0. The topological polar surface area (TPSA) is 0 Å². The van der Waals surface area contributed by atoms with Crippen molar-refractivity contribution in [3.05, 3.63) is 35.4 Å². The van der Waals surface area contributed by atoms with Crippen molar-refractivity contribution in [2.24, 2.45) is 41.4 Å². The van der Waals surface area contributed by atoms with Gasteiger partial charge in [0.1, 0.15) is 0 Å². The first-order valence-electron chi connectivity index (χ1n) is 15.5. The van der Waals surface area contributed by atoms with E-state index in [1.54, 1.807) is 31.2 Å². The first-order valence-corrected chi connectivity index (χ1v) is 15.5. The molecule has 5 rings (SSSR count). The number of hydrogen-bond donors (Lipinski definition) is 0. The summed E-state index contributed by atoms with van der Waals surface area (Å²) in [6.07, 6.45) is 24.0. The molecule has 4 aliphatic rings. The summed E-state index contributed by atoms with van der Waals surface area (Å²) in [6.45, 7) is 9.48. The smallest absolute Gasteiger partial charge is 0.0162 e. The maximum atomic E-state index is 2.44. The molecule has 0 N–H and O–H groups in total. The summed E-state index contributed by atoms with van der Waals surface area (Å²) in [5, 5.41) is 0. The van der Waals surface area contributed by atoms with E-state index in [-0.39, 0.29) is 0 Å². The van der Waals surface area contributed by atoms with E-state index in [2.05, 4.69) is 52.0 Å². The second-order valence-electron chi connectivity index (χ2n) is 13.6. The van der Waals surface area contributed by atoms with E-state index >= 15 is 0 Å². The lowest BCUT2D eigenvalue weighted by Gasteiger charge is -2.37. The predicted molar refractivity (Wildman–Crippen MR) is 149 cm³/mol. The van der Waals surface area contributed by atoms with Crippen molar-refractivity contribution in [1.29, 1.82) is 0 Å². The van der Waals surface area contributed by atoms with Crippen LogP contribution < -0.4 is 0 Å². The first kappa shape index (κ1) is 26.3. The summed E-state index contributed by atoms with van der Waals surface area (Å²) in [7, 11) is 0. The molecule has 0 radical (unpaired) electrons. The largest absolute Gasteiger partial charge is 0.0625 e. The van der Waals surface area contributed by atoms with Gasteiger partial charge in [-0.05, 0) is 124 Å². The fraction of sp³-hybridized carbons (Fsp3) is 0.824. The van der Waals surface area contributed by atoms with Gasteiger partial charge < -0.3 is 0 Å². The van der Waals surface area contributed by atoms with Gasteiger partial charge in [-0.25, -0.2) is 0 Å². The molecule has 0 bridgehead atoms. The standard InChI is InChI=1S/C20H30.C14H26/c1-15-3-7-17(8-4-15)19-11-13-20(14-12-19)18-9-5-16(2)6-10-18;1-11-3-7-13(8-4-11)14-9-5-12(2)6-10-14/h3-4,7-8,16,18-20H,5-6,9-14H2,1-2H3;11-14H,3-10H2,1-2H3. The van der Waals surface area contributed by atoms with E-state index in [9.17, 15) is 0 Å². The normalized spacial score (nSPS) is 39.1. The fourth-order valence-electron chi connectivity index (χ4n) is 8.03. The van der Waals surface area contributed by atoms with E-state index in [0.717, 1.165) is 47.3 Å². The van der Waals surface area contributed by atoms with E-state index < -0.39 is 0 Å². The molecule has 1 aromatic carbocycles. The monoisotopic (exact) mass is 464 g/mol. The Labute approximate surface area is 213 Å². The molecular formula is C34H56. The van der Waals surface area contributed by atoms with Crippen LogP contribution in [0.15, 0.2) is 24.3 Å². The summed E-state index contributed by atoms with van der Waals surface area (Å²) in [5.41, 5.74) is 2.98. The molecule has 0 atom stereocenters. The van der Waals surface area contributed by atoms with Crippen molar-refractivity contribution in [3.8, 4) is 0 Å². The number of hydrogen-bond acceptors (Lipinski definition) is 0. The lowest BCUT2D eigenvalue weighted by atomic mass is 9.68. The Morgan fingerprint density at radius 2 is 0.706 bits per heavy atom. The van der Waals surface area contributed by atoms with Crippen molar-refractivity contribution in [1.82, 2.24) is 0 Å². The summed E-state index contributed by atoms with van der Waals surface area (Å²) < 4.78 is 0. The van der Waals surface area contributed by atoms with Crippen LogP contribution in [0.2, 0.25) is 0 Å². The lowest BCUT2D eigenvalue weighted by Crippen LogP contribution is -2.24. The van der Waals surface area contributed by atoms with Crippen LogP contribution in [-0.2, 0) is 0 Å². The van der Waals surface area contributed by atoms with Crippen LogP contribution in [0.5, 0.6) is 0 Å². The highest BCUT2D eigenvalue weighted by atomic mass is 14.4. The molecule has 0 saturated heterocycles. The van der Waals surface area contributed by atoms with E-state index in [1.807, 2.05) is 0 Å². The second kappa shape index (κ2) is 13.0. The lowest BCUT2D eigenvalue weighted by molar-refractivity contribution is 0.155. The minimum atomic E-state index is 0.842. The molecular weight excluding hydrogens is 408 g/mol. The zero-order valence-electron chi connectivity index (χ0n) is 23.2. The second-order valence-corrected chi connectivity index (χ2v) is 13.6. The summed E-state index contributed by atoms with van der Waals surface area (Å²) in [5.74, 6) is 8.21. The molecule has 0 aromatic heterocycles. The molecule has 34 heavy (non-hydrogen) atoms. The van der Waals surface area contributed by atoms with Crippen molar-refractivity contribution < 1.29 is 0 Å². The van der Waals surface area contributed by atoms with E-state index in [1.165, 1.54) is 82.6 Å². The first-order chi connectivity index (χ1) is 16.5. The van der Waals surface area contributed by atoms with Gasteiger partial charge in [-0.3, -0.25) is 0 Å². The maximum absolute atomic E-state index is 2.44. The zero-order chi connectivity index (χ0) is 23.9. The van der Waals surface area contributed by atoms with Crippen LogP contribution in [0.25, 0.3) is 0 Å². The molecule has 0 amide bonds. The highest BCUT2D eigenvalue weighted by molar-refractivity contribution is 5.24. The van der Waals surface area contributed by atoms with Crippen LogP contribution >= 0.6 is 0 Å². The fourth-order valence-corrected chi connectivity index (χ4v) is 8.03. The van der Waals surface area contributed by atoms with Crippen LogP contribution in [0.1, 0.15) is 141 Å². The van der Waals surface area contributed by atoms with Crippen LogP contribution in [0, 0.1) is 48.3 Å². The summed E-state index contributed by atoms with van der Waals surface area (Å²) in [6, 6.07) is 9.29. The van der Waals surface area contributed by atoms with E-state index in [0.29, 0.717) is 0 Å². The molecule has 0 heterocycles. The Morgan fingerprint density at radius 1 is 0.412 bits per heavy atom. The predicted octanol–water partition coefficient (Wildman–Crippen LogP) is 10.7. The molecule has 0 nitrogen and oxygen atoms in total. The quantitative estimate of drug-likeness (QED) is 0.417. The molecule has 4 saturated carbocycles. The van der Waals surface area contributed by atoms with Crippen molar-refractivity contribution >= 4 is 0 Å². The Bertz CT molecular complexity index is 649. The number of aryl methyl sites for hydroxylation is 1. The SMILES string of the molecule is CC1CCC(C2CCC(C)CC2)CC1.Cc1ccc(C2CCC(C3CCC(C)CC3)CC2)cc1. The molecule has 0 aliphatic heterocycles. The summed E-state index contributed by atoms with van der Waals surface area (Å²) in [4.78, 5) is 0. The Morgan fingerprint density at radius 3 is 1.03 bits per heavy atom. The maximum Gasteiger partial charge on any atom is -0.0162 e. The number of benzene rings is 1. The Hall–Kier alpha value is -0.780. The van der Waals surface area contributed by atoms with Gasteiger partial charge >= 0.3 is 0 Å². The highest BCUT2D eigenvalue weighted by Crippen LogP contribution is 2.44. The third-order valence-corrected chi connectivity index (χ3v) is 10.8. The van der Waals surface area contributed by atoms with Crippen LogP contribution in [-0.4, -0.2) is 0 Å². The van der Waals surface area contributed by atoms with Crippen molar-refractivity contribution in [2.75, 3.05) is 0 Å². The van der Waals surface area contributed by atoms with Crippen LogP contribution in [0.4, 0.5) is 0 Å². The Balaban J connectivity index is 0.000000172. The molecule has 0 spiro atoms. The molecule has 1 aromatic rings. The van der Waals surface area contributed by atoms with Gasteiger partial charge in [-0.2, -0.15) is 0 Å². The van der Waals surface area contributed by atoms with Gasteiger partial charge in [0.2, 0.25) is 0 Å². The minimum Gasteiger partial charge on any atom is -0.0625 e. The van der Waals surface area contributed by atoms with Gasteiger partial charge in [0.05, 0.1) is 0 Å². The third-order valence-electron chi connectivity index (χ3n) is 10.8. The van der Waals surface area contributed by atoms with E-state index in [4.69, 9.17) is 0 Å². The molecule has 4 aliphatic carbocycles. The highest BCUT2D eigenvalue weighted by Gasteiger charge is 2.30. The number of rotatable bonds is 3.